The first kappa shape index (κ1) is 21.1. The number of nitriles is 1. The molecule has 8 heteroatoms. The predicted molar refractivity (Wildman–Crippen MR) is 128 cm³/mol. The normalized spacial score (nSPS) is 11.7. The molecule has 5 aromatic rings. The zero-order valence-electron chi connectivity index (χ0n) is 18.1. The van der Waals surface area contributed by atoms with Gasteiger partial charge in [0.05, 0.1) is 21.5 Å². The Labute approximate surface area is 193 Å². The smallest absolute Gasteiger partial charge is 0.269 e. The highest BCUT2D eigenvalue weighted by Gasteiger charge is 2.16. The van der Waals surface area contributed by atoms with Crippen molar-refractivity contribution < 1.29 is 9.31 Å². The molecular formula is C26H18FN5O2. The third kappa shape index (κ3) is 3.69. The van der Waals surface area contributed by atoms with Crippen LogP contribution in [0, 0.1) is 34.2 Å². The number of para-hydroxylation sites is 1. The fraction of sp³-hybridized carbons (Fsp3) is 0.0769. The number of non-ortho nitro benzene ring substituents is 1. The van der Waals surface area contributed by atoms with E-state index >= 15 is 0 Å². The van der Waals surface area contributed by atoms with Crippen LogP contribution in [-0.4, -0.2) is 19.5 Å². The van der Waals surface area contributed by atoms with Gasteiger partial charge in [-0.3, -0.25) is 10.1 Å². The number of nitrogens with zero attached hydrogens (tertiary/aromatic N) is 4. The van der Waals surface area contributed by atoms with Crippen LogP contribution >= 0.6 is 0 Å². The van der Waals surface area contributed by atoms with Crippen LogP contribution in [0.4, 0.5) is 10.1 Å². The van der Waals surface area contributed by atoms with E-state index in [1.807, 2.05) is 31.2 Å². The summed E-state index contributed by atoms with van der Waals surface area (Å²) >= 11 is 0. The number of nitrogens with one attached hydrogen (secondary N) is 1. The number of nitro benzene ring substituents is 1. The van der Waals surface area contributed by atoms with Crippen LogP contribution in [0.1, 0.15) is 22.6 Å². The predicted octanol–water partition coefficient (Wildman–Crippen LogP) is 5.99. The average Bonchev–Trinajstić information content (AvgIpc) is 3.36. The second-order valence-electron chi connectivity index (χ2n) is 7.94. The lowest BCUT2D eigenvalue weighted by molar-refractivity contribution is -0.384. The summed E-state index contributed by atoms with van der Waals surface area (Å²) < 4.78 is 15.7. The molecule has 0 aliphatic heterocycles. The third-order valence-electron chi connectivity index (χ3n) is 5.88. The fourth-order valence-electron chi connectivity index (χ4n) is 4.16. The molecule has 1 N–H and O–H groups in total. The summed E-state index contributed by atoms with van der Waals surface area (Å²) in [6.07, 6.45) is 1.79. The highest BCUT2D eigenvalue weighted by Crippen LogP contribution is 2.30. The van der Waals surface area contributed by atoms with Gasteiger partial charge >= 0.3 is 0 Å². The Balaban J connectivity index is 1.60. The average molecular weight is 451 g/mol. The maximum Gasteiger partial charge on any atom is 0.269 e. The Bertz CT molecular complexity index is 1640. The summed E-state index contributed by atoms with van der Waals surface area (Å²) in [6, 6.07) is 20.8. The van der Waals surface area contributed by atoms with Gasteiger partial charge in [0.15, 0.2) is 0 Å². The number of nitro groups is 1. The van der Waals surface area contributed by atoms with Crippen molar-refractivity contribution in [1.29, 1.82) is 5.26 Å². The SMILES string of the molecule is Cc1c(/C=C(/C#N)c2nc3ccc(F)cc3[nH]2)c2ccccc2n1Cc1ccc([N+](=O)[O-])cc1. The van der Waals surface area contributed by atoms with E-state index in [-0.39, 0.29) is 11.5 Å². The lowest BCUT2D eigenvalue weighted by Gasteiger charge is -2.09. The van der Waals surface area contributed by atoms with E-state index in [2.05, 4.69) is 20.6 Å². The molecule has 0 atom stereocenters. The minimum Gasteiger partial charge on any atom is -0.340 e. The Morgan fingerprint density at radius 2 is 1.97 bits per heavy atom. The van der Waals surface area contributed by atoms with E-state index in [1.54, 1.807) is 24.3 Å². The molecule has 0 aliphatic carbocycles. The Morgan fingerprint density at radius 3 is 2.71 bits per heavy atom. The summed E-state index contributed by atoms with van der Waals surface area (Å²) in [5, 5.41) is 21.8. The molecule has 0 saturated carbocycles. The van der Waals surface area contributed by atoms with Gasteiger partial charge in [0.1, 0.15) is 17.7 Å². The monoisotopic (exact) mass is 451 g/mol. The number of H-pyrrole nitrogens is 1. The van der Waals surface area contributed by atoms with Crippen LogP contribution in [0.15, 0.2) is 66.7 Å². The van der Waals surface area contributed by atoms with Gasteiger partial charge in [0.25, 0.3) is 5.69 Å². The van der Waals surface area contributed by atoms with Gasteiger partial charge in [0, 0.05) is 40.8 Å². The van der Waals surface area contributed by atoms with Crippen molar-refractivity contribution in [3.05, 3.63) is 105 Å². The summed E-state index contributed by atoms with van der Waals surface area (Å²) in [5.41, 5.74) is 5.20. The maximum absolute atomic E-state index is 13.6. The van der Waals surface area contributed by atoms with Gasteiger partial charge in [-0.2, -0.15) is 5.26 Å². The number of aromatic amines is 1. The molecule has 2 heterocycles. The molecule has 0 fully saturated rings. The van der Waals surface area contributed by atoms with Gasteiger partial charge < -0.3 is 9.55 Å². The minimum absolute atomic E-state index is 0.0471. The number of allylic oxidation sites excluding steroid dienone is 1. The molecule has 0 radical (unpaired) electrons. The van der Waals surface area contributed by atoms with E-state index in [4.69, 9.17) is 0 Å². The fourth-order valence-corrected chi connectivity index (χ4v) is 4.16. The number of aromatic nitrogens is 3. The molecule has 0 spiro atoms. The van der Waals surface area contributed by atoms with Crippen molar-refractivity contribution in [2.45, 2.75) is 13.5 Å². The quantitative estimate of drug-likeness (QED) is 0.202. The molecule has 0 amide bonds. The van der Waals surface area contributed by atoms with E-state index in [1.165, 1.54) is 24.3 Å². The molecular weight excluding hydrogens is 433 g/mol. The van der Waals surface area contributed by atoms with Crippen molar-refractivity contribution in [2.24, 2.45) is 0 Å². The standard InChI is InChI=1S/C26H18FN5O2/c1-16-22(12-18(14-28)26-29-23-11-8-19(27)13-24(23)30-26)21-4-2-3-5-25(21)31(16)15-17-6-9-20(10-7-17)32(33)34/h2-13H,15H2,1H3,(H,29,30)/b18-12-. The molecule has 0 bridgehead atoms. The zero-order valence-corrected chi connectivity index (χ0v) is 18.1. The summed E-state index contributed by atoms with van der Waals surface area (Å²) in [7, 11) is 0. The molecule has 3 aromatic carbocycles. The van der Waals surface area contributed by atoms with Gasteiger partial charge in [-0.05, 0) is 42.8 Å². The van der Waals surface area contributed by atoms with Gasteiger partial charge in [0.2, 0.25) is 0 Å². The van der Waals surface area contributed by atoms with Crippen LogP contribution in [0.25, 0.3) is 33.6 Å². The number of halogens is 1. The van der Waals surface area contributed by atoms with Gasteiger partial charge in [-0.15, -0.1) is 0 Å². The van der Waals surface area contributed by atoms with E-state index in [0.717, 1.165) is 27.7 Å². The Kier molecular flexibility index (Phi) is 5.15. The van der Waals surface area contributed by atoms with Crippen molar-refractivity contribution >= 4 is 39.3 Å². The number of fused-ring (bicyclic) bond motifs is 2. The second kappa shape index (κ2) is 8.30. The van der Waals surface area contributed by atoms with Gasteiger partial charge in [-0.1, -0.05) is 30.3 Å². The zero-order chi connectivity index (χ0) is 23.8. The summed E-state index contributed by atoms with van der Waals surface area (Å²) in [6.45, 7) is 2.49. The minimum atomic E-state index is -0.418. The maximum atomic E-state index is 13.6. The van der Waals surface area contributed by atoms with E-state index in [9.17, 15) is 19.8 Å². The summed E-state index contributed by atoms with van der Waals surface area (Å²) in [5.74, 6) is -0.00922. The van der Waals surface area contributed by atoms with Gasteiger partial charge in [-0.25, -0.2) is 9.37 Å². The first-order valence-electron chi connectivity index (χ1n) is 10.5. The van der Waals surface area contributed by atoms with Crippen LogP contribution in [0.3, 0.4) is 0 Å². The van der Waals surface area contributed by atoms with Crippen LogP contribution in [0.2, 0.25) is 0 Å². The van der Waals surface area contributed by atoms with E-state index in [0.29, 0.717) is 29.0 Å². The third-order valence-corrected chi connectivity index (χ3v) is 5.88. The topological polar surface area (TPSA) is 101 Å². The molecule has 0 aliphatic rings. The molecule has 34 heavy (non-hydrogen) atoms. The van der Waals surface area contributed by atoms with Crippen molar-refractivity contribution in [2.75, 3.05) is 0 Å². The lowest BCUT2D eigenvalue weighted by Crippen LogP contribution is -2.02. The van der Waals surface area contributed by atoms with E-state index < -0.39 is 4.92 Å². The highest BCUT2D eigenvalue weighted by atomic mass is 19.1. The first-order chi connectivity index (χ1) is 16.4. The molecule has 5 rings (SSSR count). The number of benzene rings is 3. The Hall–Kier alpha value is -4.77. The summed E-state index contributed by atoms with van der Waals surface area (Å²) in [4.78, 5) is 18.0. The van der Waals surface area contributed by atoms with Crippen LogP contribution in [-0.2, 0) is 6.54 Å². The molecule has 166 valence electrons. The highest BCUT2D eigenvalue weighted by molar-refractivity contribution is 5.99. The molecule has 0 unspecified atom stereocenters. The number of imidazole rings is 1. The number of hydrogen-bond donors (Lipinski definition) is 1. The first-order valence-corrected chi connectivity index (χ1v) is 10.5. The van der Waals surface area contributed by atoms with Crippen LogP contribution < -0.4 is 0 Å². The Morgan fingerprint density at radius 1 is 1.21 bits per heavy atom. The van der Waals surface area contributed by atoms with Crippen LogP contribution in [0.5, 0.6) is 0 Å². The molecule has 2 aromatic heterocycles. The van der Waals surface area contributed by atoms with Crippen molar-refractivity contribution in [3.63, 3.8) is 0 Å². The second-order valence-corrected chi connectivity index (χ2v) is 7.94. The lowest BCUT2D eigenvalue weighted by atomic mass is 10.1. The molecule has 0 saturated heterocycles. The number of hydrogen-bond acceptors (Lipinski definition) is 4. The van der Waals surface area contributed by atoms with Crippen molar-refractivity contribution in [3.8, 4) is 6.07 Å². The van der Waals surface area contributed by atoms with Crippen molar-refractivity contribution in [1.82, 2.24) is 14.5 Å². The largest absolute Gasteiger partial charge is 0.340 e. The number of rotatable bonds is 5. The molecule has 7 nitrogen and oxygen atoms in total.